The first-order valence-corrected chi connectivity index (χ1v) is 6.77. The lowest BCUT2D eigenvalue weighted by atomic mass is 9.95. The van der Waals surface area contributed by atoms with Crippen LogP contribution in [0.1, 0.15) is 5.69 Å². The van der Waals surface area contributed by atoms with E-state index in [-0.39, 0.29) is 0 Å². The summed E-state index contributed by atoms with van der Waals surface area (Å²) in [4.78, 5) is 4.15. The quantitative estimate of drug-likeness (QED) is 0.781. The summed E-state index contributed by atoms with van der Waals surface area (Å²) in [7, 11) is -3.30. The highest BCUT2D eigenvalue weighted by Gasteiger charge is 2.41. The summed E-state index contributed by atoms with van der Waals surface area (Å²) in [5.41, 5.74) is 0.526. The molecule has 4 heteroatoms. The average Bonchev–Trinajstić information content (AvgIpc) is 2.30. The minimum Gasteiger partial charge on any atom is -0.259 e. The van der Waals surface area contributed by atoms with Gasteiger partial charge in [-0.3, -0.25) is 4.98 Å². The van der Waals surface area contributed by atoms with Crippen LogP contribution in [0.15, 0.2) is 48.7 Å². The topological polar surface area (TPSA) is 47.0 Å². The van der Waals surface area contributed by atoms with Crippen molar-refractivity contribution in [3.8, 4) is 0 Å². The van der Waals surface area contributed by atoms with Gasteiger partial charge in [-0.15, -0.1) is 0 Å². The minimum atomic E-state index is -3.30. The molecule has 0 aliphatic heterocycles. The number of sulfone groups is 1. The first-order valence-electron chi connectivity index (χ1n) is 4.88. The Morgan fingerprint density at radius 1 is 1.19 bits per heavy atom. The minimum absolute atomic E-state index is 0.526. The highest BCUT2D eigenvalue weighted by molar-refractivity contribution is 7.92. The zero-order valence-corrected chi connectivity index (χ0v) is 9.68. The molecular weight excluding hydrogens is 222 g/mol. The highest BCUT2D eigenvalue weighted by atomic mass is 32.2. The molecule has 0 saturated carbocycles. The molecule has 0 saturated heterocycles. The van der Waals surface area contributed by atoms with E-state index in [1.54, 1.807) is 55.1 Å². The molecule has 83 valence electrons. The van der Waals surface area contributed by atoms with Crippen molar-refractivity contribution in [1.82, 2.24) is 4.98 Å². The molecule has 1 aromatic rings. The molecule has 0 N–H and O–H groups in total. The van der Waals surface area contributed by atoms with Crippen LogP contribution in [0.2, 0.25) is 0 Å². The molecule has 0 aromatic carbocycles. The molecule has 1 atom stereocenters. The van der Waals surface area contributed by atoms with E-state index >= 15 is 0 Å². The normalized spacial score (nSPS) is 24.6. The molecule has 0 spiro atoms. The molecule has 1 heterocycles. The van der Waals surface area contributed by atoms with Gasteiger partial charge in [0.05, 0.1) is 5.69 Å². The Bertz CT molecular complexity index is 531. The van der Waals surface area contributed by atoms with Crippen molar-refractivity contribution in [2.24, 2.45) is 0 Å². The molecule has 16 heavy (non-hydrogen) atoms. The maximum absolute atomic E-state index is 12.0. The number of aromatic nitrogens is 1. The van der Waals surface area contributed by atoms with Gasteiger partial charge in [-0.05, 0) is 12.1 Å². The summed E-state index contributed by atoms with van der Waals surface area (Å²) >= 11 is 0. The van der Waals surface area contributed by atoms with Crippen LogP contribution in [0.5, 0.6) is 0 Å². The van der Waals surface area contributed by atoms with Crippen LogP contribution < -0.4 is 0 Å². The zero-order chi connectivity index (χ0) is 11.6. The fraction of sp³-hybridized carbons (Fsp3) is 0.167. The smallest absolute Gasteiger partial charge is 0.163 e. The Morgan fingerprint density at radius 2 is 2.00 bits per heavy atom. The lowest BCUT2D eigenvalue weighted by Crippen LogP contribution is -2.35. The average molecular weight is 234 g/mol. The first-order chi connectivity index (χ1) is 7.56. The summed E-state index contributed by atoms with van der Waals surface area (Å²) in [6.45, 7) is 0. The molecule has 1 aliphatic rings. The van der Waals surface area contributed by atoms with Gasteiger partial charge in [-0.1, -0.05) is 30.4 Å². The van der Waals surface area contributed by atoms with Crippen molar-refractivity contribution in [3.05, 3.63) is 60.8 Å². The Kier molecular flexibility index (Phi) is 2.68. The Hall–Kier alpha value is -1.42. The van der Waals surface area contributed by atoms with E-state index in [0.717, 1.165) is 0 Å². The molecule has 3 nitrogen and oxygen atoms in total. The number of hydrogen-bond donors (Lipinski definition) is 0. The Balaban J connectivity index is 2.62. The van der Waals surface area contributed by atoms with Gasteiger partial charge in [0.1, 0.15) is 4.75 Å². The van der Waals surface area contributed by atoms with Crippen molar-refractivity contribution in [1.29, 1.82) is 0 Å². The zero-order valence-electron chi connectivity index (χ0n) is 8.87. The molecule has 1 aromatic heterocycles. The van der Waals surface area contributed by atoms with Gasteiger partial charge >= 0.3 is 0 Å². The third kappa shape index (κ3) is 1.69. The predicted octanol–water partition coefficient (Wildman–Crippen LogP) is 1.65. The van der Waals surface area contributed by atoms with Crippen LogP contribution in [-0.2, 0) is 14.6 Å². The summed E-state index contributed by atoms with van der Waals surface area (Å²) < 4.78 is 22.8. The fourth-order valence-corrected chi connectivity index (χ4v) is 2.87. The van der Waals surface area contributed by atoms with Gasteiger partial charge in [-0.2, -0.15) is 0 Å². The van der Waals surface area contributed by atoms with E-state index in [0.29, 0.717) is 5.69 Å². The summed E-state index contributed by atoms with van der Waals surface area (Å²) in [5.74, 6) is 0. The summed E-state index contributed by atoms with van der Waals surface area (Å²) in [5, 5.41) is 0. The lowest BCUT2D eigenvalue weighted by Gasteiger charge is -2.28. The van der Waals surface area contributed by atoms with Gasteiger partial charge in [0.2, 0.25) is 0 Å². The molecule has 1 unspecified atom stereocenters. The summed E-state index contributed by atoms with van der Waals surface area (Å²) in [6.07, 6.45) is 11.4. The van der Waals surface area contributed by atoms with Crippen LogP contribution in [0.4, 0.5) is 0 Å². The van der Waals surface area contributed by atoms with Gasteiger partial charge < -0.3 is 0 Å². The molecule has 1 radical (unpaired) electrons. The standard InChI is InChI=1S/C12H12NO2S/c1-16(14,15)12(8-4-2-5-9-12)11-7-3-6-10-13-11/h2-10H,1H3. The first kappa shape index (κ1) is 11.1. The second kappa shape index (κ2) is 3.87. The molecular formula is C12H12NO2S. The SMILES string of the molecule is CS(=O)(=O)C1(c2ccccn2)[CH]C=CC=C1. The maximum atomic E-state index is 12.0. The van der Waals surface area contributed by atoms with Crippen LogP contribution >= 0.6 is 0 Å². The fourth-order valence-electron chi connectivity index (χ4n) is 1.72. The highest BCUT2D eigenvalue weighted by Crippen LogP contribution is 2.35. The molecule has 0 bridgehead atoms. The monoisotopic (exact) mass is 234 g/mol. The van der Waals surface area contributed by atoms with Crippen molar-refractivity contribution in [2.75, 3.05) is 6.26 Å². The van der Waals surface area contributed by atoms with Crippen molar-refractivity contribution in [2.45, 2.75) is 4.75 Å². The van der Waals surface area contributed by atoms with E-state index in [1.807, 2.05) is 0 Å². The number of rotatable bonds is 2. The predicted molar refractivity (Wildman–Crippen MR) is 63.3 cm³/mol. The Labute approximate surface area is 95.4 Å². The third-order valence-electron chi connectivity index (χ3n) is 2.59. The second-order valence-electron chi connectivity index (χ2n) is 3.69. The molecule has 2 rings (SSSR count). The van der Waals surface area contributed by atoms with Crippen LogP contribution in [0.3, 0.4) is 0 Å². The van der Waals surface area contributed by atoms with Crippen LogP contribution in [0.25, 0.3) is 0 Å². The molecule has 1 aliphatic carbocycles. The van der Waals surface area contributed by atoms with Crippen LogP contribution in [-0.4, -0.2) is 19.7 Å². The van der Waals surface area contributed by atoms with E-state index in [4.69, 9.17) is 0 Å². The largest absolute Gasteiger partial charge is 0.259 e. The maximum Gasteiger partial charge on any atom is 0.163 e. The van der Waals surface area contributed by atoms with E-state index in [9.17, 15) is 8.42 Å². The number of hydrogen-bond acceptors (Lipinski definition) is 3. The number of pyridine rings is 1. The van der Waals surface area contributed by atoms with E-state index < -0.39 is 14.6 Å². The van der Waals surface area contributed by atoms with Crippen molar-refractivity contribution in [3.63, 3.8) is 0 Å². The van der Waals surface area contributed by atoms with E-state index in [1.165, 1.54) is 6.26 Å². The molecule has 0 fully saturated rings. The van der Waals surface area contributed by atoms with Gasteiger partial charge in [0.15, 0.2) is 9.84 Å². The number of allylic oxidation sites excluding steroid dienone is 3. The second-order valence-corrected chi connectivity index (χ2v) is 5.91. The van der Waals surface area contributed by atoms with Crippen molar-refractivity contribution < 1.29 is 8.42 Å². The lowest BCUT2D eigenvalue weighted by molar-refractivity contribution is 0.577. The molecule has 0 amide bonds. The Morgan fingerprint density at radius 3 is 2.50 bits per heavy atom. The third-order valence-corrected chi connectivity index (χ3v) is 4.30. The van der Waals surface area contributed by atoms with Gasteiger partial charge in [0.25, 0.3) is 0 Å². The van der Waals surface area contributed by atoms with E-state index in [2.05, 4.69) is 4.98 Å². The number of nitrogens with zero attached hydrogens (tertiary/aromatic N) is 1. The van der Waals surface area contributed by atoms with Crippen LogP contribution in [0, 0.1) is 6.42 Å². The van der Waals surface area contributed by atoms with Crippen molar-refractivity contribution >= 4 is 9.84 Å². The van der Waals surface area contributed by atoms with Gasteiger partial charge in [-0.25, -0.2) is 8.42 Å². The summed E-state index contributed by atoms with van der Waals surface area (Å²) in [6, 6.07) is 5.28. The van der Waals surface area contributed by atoms with Gasteiger partial charge in [0, 0.05) is 18.9 Å².